The van der Waals surface area contributed by atoms with Crippen LogP contribution in [0.3, 0.4) is 0 Å². The van der Waals surface area contributed by atoms with E-state index >= 15 is 0 Å². The molecule has 0 saturated heterocycles. The van der Waals surface area contributed by atoms with Gasteiger partial charge in [-0.3, -0.25) is 0 Å². The first-order chi connectivity index (χ1) is 3.72. The lowest BCUT2D eigenvalue weighted by molar-refractivity contribution is -0.111. The molecule has 0 aliphatic heterocycles. The SMILES string of the molecule is CCC(=O)[P+](=O)CF. The third kappa shape index (κ3) is 2.12. The van der Waals surface area contributed by atoms with Crippen LogP contribution in [0.25, 0.3) is 0 Å². The molecule has 0 N–H and O–H groups in total. The first-order valence-electron chi connectivity index (χ1n) is 2.25. The van der Waals surface area contributed by atoms with Gasteiger partial charge >= 0.3 is 13.3 Å². The fourth-order valence-electron chi connectivity index (χ4n) is 0.243. The minimum absolute atomic E-state index is 0.166. The lowest BCUT2D eigenvalue weighted by Gasteiger charge is -1.72. The fraction of sp³-hybridized carbons (Fsp3) is 0.750. The Morgan fingerprint density at radius 3 is 2.38 bits per heavy atom. The van der Waals surface area contributed by atoms with E-state index in [4.69, 9.17) is 0 Å². The smallest absolute Gasteiger partial charge is 0.240 e. The van der Waals surface area contributed by atoms with Crippen LogP contribution in [-0.2, 0) is 9.36 Å². The summed E-state index contributed by atoms with van der Waals surface area (Å²) in [6.45, 7) is 1.56. The summed E-state index contributed by atoms with van der Waals surface area (Å²) in [4.78, 5) is 10.2. The van der Waals surface area contributed by atoms with Crippen LogP contribution in [-0.4, -0.2) is 11.9 Å². The molecule has 1 atom stereocenters. The molecule has 0 fully saturated rings. The van der Waals surface area contributed by atoms with Gasteiger partial charge in [-0.1, -0.05) is 11.5 Å². The van der Waals surface area contributed by atoms with E-state index in [9.17, 15) is 13.8 Å². The Bertz CT molecular complexity index is 98.6. The van der Waals surface area contributed by atoms with Gasteiger partial charge in [-0.2, -0.15) is 4.39 Å². The molecule has 0 spiro atoms. The van der Waals surface area contributed by atoms with Crippen LogP contribution >= 0.6 is 7.80 Å². The molecule has 4 heteroatoms. The number of carbonyl (C=O) groups excluding carboxylic acids is 1. The molecule has 8 heavy (non-hydrogen) atoms. The number of halogens is 1. The van der Waals surface area contributed by atoms with Crippen molar-refractivity contribution in [1.82, 2.24) is 0 Å². The van der Waals surface area contributed by atoms with E-state index in [0.717, 1.165) is 0 Å². The summed E-state index contributed by atoms with van der Waals surface area (Å²) in [5, 5.41) is 0. The van der Waals surface area contributed by atoms with E-state index in [2.05, 4.69) is 0 Å². The molecule has 1 unspecified atom stereocenters. The maximum atomic E-state index is 11.3. The Labute approximate surface area is 47.9 Å². The van der Waals surface area contributed by atoms with Gasteiger partial charge in [0.1, 0.15) is 0 Å². The zero-order valence-electron chi connectivity index (χ0n) is 4.56. The van der Waals surface area contributed by atoms with Gasteiger partial charge in [0.25, 0.3) is 6.42 Å². The van der Waals surface area contributed by atoms with Gasteiger partial charge in [-0.15, -0.1) is 0 Å². The Morgan fingerprint density at radius 2 is 2.25 bits per heavy atom. The average Bonchev–Trinajstić information content (AvgIpc) is 1.84. The highest BCUT2D eigenvalue weighted by molar-refractivity contribution is 7.63. The van der Waals surface area contributed by atoms with E-state index in [1.165, 1.54) is 0 Å². The zero-order chi connectivity index (χ0) is 6.57. The molecule has 0 aliphatic rings. The lowest BCUT2D eigenvalue weighted by atomic mass is 10.6. The van der Waals surface area contributed by atoms with Crippen molar-refractivity contribution >= 4 is 13.3 Å². The number of hydrogen-bond acceptors (Lipinski definition) is 2. The highest BCUT2D eigenvalue weighted by Gasteiger charge is 2.24. The Hall–Kier alpha value is -0.300. The molecule has 0 aromatic rings. The van der Waals surface area contributed by atoms with Crippen molar-refractivity contribution in [3.63, 3.8) is 0 Å². The van der Waals surface area contributed by atoms with Gasteiger partial charge in [0.2, 0.25) is 0 Å². The quantitative estimate of drug-likeness (QED) is 0.554. The summed E-state index contributed by atoms with van der Waals surface area (Å²) in [5.41, 5.74) is -0.484. The minimum atomic E-state index is -2.20. The third-order valence-electron chi connectivity index (χ3n) is 0.689. The van der Waals surface area contributed by atoms with E-state index in [1.807, 2.05) is 0 Å². The minimum Gasteiger partial charge on any atom is -0.240 e. The molecule has 0 saturated carbocycles. The third-order valence-corrected chi connectivity index (χ3v) is 1.78. The number of alkyl halides is 1. The maximum absolute atomic E-state index is 11.3. The van der Waals surface area contributed by atoms with Crippen LogP contribution < -0.4 is 0 Å². The van der Waals surface area contributed by atoms with Crippen molar-refractivity contribution < 1.29 is 13.8 Å². The summed E-state index contributed by atoms with van der Waals surface area (Å²) in [5.74, 6) is 0. The number of carbonyl (C=O) groups is 1. The van der Waals surface area contributed by atoms with Crippen molar-refractivity contribution in [1.29, 1.82) is 0 Å². The summed E-state index contributed by atoms with van der Waals surface area (Å²) >= 11 is 0. The molecule has 2 nitrogen and oxygen atoms in total. The lowest BCUT2D eigenvalue weighted by Crippen LogP contribution is -1.86. The van der Waals surface area contributed by atoms with Crippen LogP contribution in [0.15, 0.2) is 0 Å². The molecule has 0 aromatic heterocycles. The van der Waals surface area contributed by atoms with Crippen LogP contribution in [0.2, 0.25) is 0 Å². The first-order valence-corrected chi connectivity index (χ1v) is 3.70. The van der Waals surface area contributed by atoms with E-state index in [1.54, 1.807) is 6.92 Å². The van der Waals surface area contributed by atoms with E-state index < -0.39 is 19.7 Å². The monoisotopic (exact) mass is 137 g/mol. The van der Waals surface area contributed by atoms with Crippen LogP contribution in [0.5, 0.6) is 0 Å². The average molecular weight is 137 g/mol. The Morgan fingerprint density at radius 1 is 1.75 bits per heavy atom. The number of rotatable bonds is 3. The van der Waals surface area contributed by atoms with E-state index in [0.29, 0.717) is 0 Å². The summed E-state index contributed by atoms with van der Waals surface area (Å²) in [7, 11) is -2.20. The first kappa shape index (κ1) is 7.70. The Kier molecular flexibility index (Phi) is 3.53. The highest BCUT2D eigenvalue weighted by atomic mass is 31.1. The molecule has 0 radical (unpaired) electrons. The predicted octanol–water partition coefficient (Wildman–Crippen LogP) is 1.68. The second-order valence-electron chi connectivity index (χ2n) is 1.25. The molecule has 0 bridgehead atoms. The molecule has 0 rings (SSSR count). The fourth-order valence-corrected chi connectivity index (χ4v) is 0.729. The molecule has 0 aromatic carbocycles. The van der Waals surface area contributed by atoms with Crippen molar-refractivity contribution in [2.24, 2.45) is 0 Å². The van der Waals surface area contributed by atoms with Gasteiger partial charge in [0.15, 0.2) is 0 Å². The van der Waals surface area contributed by atoms with Gasteiger partial charge in [-0.05, 0) is 0 Å². The topological polar surface area (TPSA) is 34.1 Å². The molecule has 0 heterocycles. The van der Waals surface area contributed by atoms with Crippen LogP contribution in [0.4, 0.5) is 4.39 Å². The van der Waals surface area contributed by atoms with Crippen LogP contribution in [0, 0.1) is 0 Å². The molecular weight excluding hydrogens is 130 g/mol. The predicted molar refractivity (Wildman–Crippen MR) is 28.9 cm³/mol. The second kappa shape index (κ2) is 3.67. The van der Waals surface area contributed by atoms with Crippen molar-refractivity contribution in [3.05, 3.63) is 0 Å². The van der Waals surface area contributed by atoms with Gasteiger partial charge in [-0.25, -0.2) is 4.79 Å². The second-order valence-corrected chi connectivity index (χ2v) is 2.74. The molecule has 0 amide bonds. The maximum Gasteiger partial charge on any atom is 0.447 e. The highest BCUT2D eigenvalue weighted by Crippen LogP contribution is 2.22. The van der Waals surface area contributed by atoms with Crippen LogP contribution in [0.1, 0.15) is 13.3 Å². The molecule has 0 aliphatic carbocycles. The molecular formula is C4H7FO2P+. The Balaban J connectivity index is 3.64. The normalized spacial score (nSPS) is 11.0. The zero-order valence-corrected chi connectivity index (χ0v) is 5.45. The molecule has 46 valence electrons. The van der Waals surface area contributed by atoms with Gasteiger partial charge in [0.05, 0.1) is 6.42 Å². The van der Waals surface area contributed by atoms with Crippen molar-refractivity contribution in [2.45, 2.75) is 13.3 Å². The van der Waals surface area contributed by atoms with Gasteiger partial charge < -0.3 is 0 Å². The van der Waals surface area contributed by atoms with E-state index in [-0.39, 0.29) is 6.42 Å². The number of hydrogen-bond donors (Lipinski definition) is 0. The summed E-state index contributed by atoms with van der Waals surface area (Å²) < 4.78 is 21.5. The summed E-state index contributed by atoms with van der Waals surface area (Å²) in [6, 6.07) is 0. The largest absolute Gasteiger partial charge is 0.447 e. The van der Waals surface area contributed by atoms with Crippen molar-refractivity contribution in [3.8, 4) is 0 Å². The summed E-state index contributed by atoms with van der Waals surface area (Å²) in [6.07, 6.45) is -0.846. The standard InChI is InChI=1S/C4H7FO2P/c1-2-4(6)8(7)3-5/h2-3H2,1H3/q+1. The van der Waals surface area contributed by atoms with Gasteiger partial charge in [0, 0.05) is 0 Å². The van der Waals surface area contributed by atoms with Crippen molar-refractivity contribution in [2.75, 3.05) is 6.42 Å².